The molecule has 1 N–H and O–H groups in total. The van der Waals surface area contributed by atoms with Crippen molar-refractivity contribution < 1.29 is 22.7 Å². The molecule has 162 valence electrons. The van der Waals surface area contributed by atoms with Gasteiger partial charge in [-0.15, -0.1) is 0 Å². The minimum Gasteiger partial charge on any atom is -0.489 e. The molecule has 2 aromatic carbocycles. The van der Waals surface area contributed by atoms with E-state index in [1.54, 1.807) is 18.2 Å². The smallest absolute Gasteiger partial charge is 0.255 e. The largest absolute Gasteiger partial charge is 0.489 e. The van der Waals surface area contributed by atoms with Crippen LogP contribution in [0.25, 0.3) is 0 Å². The molecule has 30 heavy (non-hydrogen) atoms. The number of hydrogen-bond donors (Lipinski definition) is 1. The number of anilines is 1. The molecule has 1 aliphatic rings. The Morgan fingerprint density at radius 3 is 2.30 bits per heavy atom. The fourth-order valence-corrected chi connectivity index (χ4v) is 4.79. The Morgan fingerprint density at radius 1 is 1.07 bits per heavy atom. The van der Waals surface area contributed by atoms with Crippen LogP contribution >= 0.6 is 0 Å². The van der Waals surface area contributed by atoms with Gasteiger partial charge < -0.3 is 14.8 Å². The lowest BCUT2D eigenvalue weighted by Crippen LogP contribution is -2.40. The Morgan fingerprint density at radius 2 is 1.70 bits per heavy atom. The lowest BCUT2D eigenvalue weighted by Gasteiger charge is -2.26. The average Bonchev–Trinajstić information content (AvgIpc) is 2.68. The van der Waals surface area contributed by atoms with Crippen molar-refractivity contribution in [2.24, 2.45) is 0 Å². The summed E-state index contributed by atoms with van der Waals surface area (Å²) in [7, 11) is -3.70. The van der Waals surface area contributed by atoms with E-state index in [2.05, 4.69) is 5.32 Å². The number of benzene rings is 2. The third kappa shape index (κ3) is 5.19. The Labute approximate surface area is 178 Å². The van der Waals surface area contributed by atoms with Crippen LogP contribution in [0.2, 0.25) is 0 Å². The number of carbonyl (C=O) groups is 1. The quantitative estimate of drug-likeness (QED) is 0.757. The highest BCUT2D eigenvalue weighted by molar-refractivity contribution is 7.89. The van der Waals surface area contributed by atoms with E-state index in [4.69, 9.17) is 9.47 Å². The van der Waals surface area contributed by atoms with Crippen molar-refractivity contribution in [1.82, 2.24) is 4.31 Å². The number of nitrogens with one attached hydrogen (secondary N) is 1. The van der Waals surface area contributed by atoms with Crippen LogP contribution in [0.3, 0.4) is 0 Å². The first-order chi connectivity index (χ1) is 14.2. The van der Waals surface area contributed by atoms with Crippen LogP contribution < -0.4 is 10.1 Å². The molecule has 0 atom stereocenters. The second-order valence-electron chi connectivity index (χ2n) is 7.67. The number of amides is 1. The Balaban J connectivity index is 1.96. The molecule has 0 unspecified atom stereocenters. The summed E-state index contributed by atoms with van der Waals surface area (Å²) in [5.74, 6) is 0.0972. The molecule has 0 spiro atoms. The Bertz CT molecular complexity index is 1010. The molecule has 1 fully saturated rings. The third-order valence-corrected chi connectivity index (χ3v) is 6.55. The highest BCUT2D eigenvalue weighted by Crippen LogP contribution is 2.31. The number of ether oxygens (including phenoxy) is 2. The van der Waals surface area contributed by atoms with E-state index < -0.39 is 10.0 Å². The predicted octanol–water partition coefficient (Wildman–Crippen LogP) is 3.36. The van der Waals surface area contributed by atoms with Crippen LogP contribution in [0.4, 0.5) is 5.69 Å². The molecule has 1 saturated heterocycles. The summed E-state index contributed by atoms with van der Waals surface area (Å²) in [6, 6.07) is 10.1. The van der Waals surface area contributed by atoms with Crippen LogP contribution in [0.1, 0.15) is 35.3 Å². The molecule has 1 heterocycles. The second-order valence-corrected chi connectivity index (χ2v) is 9.61. The van der Waals surface area contributed by atoms with Gasteiger partial charge in [-0.2, -0.15) is 4.31 Å². The lowest BCUT2D eigenvalue weighted by molar-refractivity contribution is 0.0730. The van der Waals surface area contributed by atoms with Crippen LogP contribution in [0.5, 0.6) is 5.75 Å². The monoisotopic (exact) mass is 432 g/mol. The molecule has 0 saturated carbocycles. The molecule has 0 aromatic heterocycles. The van der Waals surface area contributed by atoms with Gasteiger partial charge in [-0.1, -0.05) is 17.2 Å². The summed E-state index contributed by atoms with van der Waals surface area (Å²) in [5.41, 5.74) is 2.77. The van der Waals surface area contributed by atoms with E-state index in [0.717, 1.165) is 11.1 Å². The first-order valence-electron chi connectivity index (χ1n) is 9.95. The summed E-state index contributed by atoms with van der Waals surface area (Å²) < 4.78 is 38.5. The van der Waals surface area contributed by atoms with Crippen molar-refractivity contribution in [2.45, 2.75) is 38.7 Å². The predicted molar refractivity (Wildman–Crippen MR) is 116 cm³/mol. The molecule has 0 aliphatic carbocycles. The second kappa shape index (κ2) is 9.16. The summed E-state index contributed by atoms with van der Waals surface area (Å²) in [5, 5.41) is 2.83. The van der Waals surface area contributed by atoms with E-state index >= 15 is 0 Å². The summed E-state index contributed by atoms with van der Waals surface area (Å²) in [6.45, 7) is 8.92. The summed E-state index contributed by atoms with van der Waals surface area (Å²) >= 11 is 0. The van der Waals surface area contributed by atoms with Gasteiger partial charge in [0.15, 0.2) is 0 Å². The van der Waals surface area contributed by atoms with Crippen LogP contribution in [-0.4, -0.2) is 51.0 Å². The number of hydrogen-bond acceptors (Lipinski definition) is 5. The van der Waals surface area contributed by atoms with E-state index in [1.807, 2.05) is 33.8 Å². The molecule has 7 nitrogen and oxygen atoms in total. The number of aryl methyl sites for hydroxylation is 2. The van der Waals surface area contributed by atoms with Crippen LogP contribution in [0, 0.1) is 13.8 Å². The standard InChI is InChI=1S/C22H28N2O5S/c1-15(2)29-21-6-5-19(30(26,27)24-7-9-28-10-8-24)14-20(21)23-22(25)18-12-16(3)11-17(4)13-18/h5-6,11-15H,7-10H2,1-4H3,(H,23,25). The zero-order valence-electron chi connectivity index (χ0n) is 17.8. The van der Waals surface area contributed by atoms with Gasteiger partial charge in [-0.25, -0.2) is 8.42 Å². The molecule has 1 amide bonds. The lowest BCUT2D eigenvalue weighted by atomic mass is 10.1. The third-order valence-electron chi connectivity index (χ3n) is 4.65. The van der Waals surface area contributed by atoms with Gasteiger partial charge in [0.2, 0.25) is 10.0 Å². The molecular formula is C22H28N2O5S. The van der Waals surface area contributed by atoms with E-state index in [-0.39, 0.29) is 16.9 Å². The van der Waals surface area contributed by atoms with Gasteiger partial charge in [-0.3, -0.25) is 4.79 Å². The first kappa shape index (κ1) is 22.3. The number of sulfonamides is 1. The van der Waals surface area contributed by atoms with Gasteiger partial charge in [0.05, 0.1) is 29.9 Å². The maximum atomic E-state index is 13.0. The van der Waals surface area contributed by atoms with Crippen molar-refractivity contribution in [2.75, 3.05) is 31.6 Å². The highest BCUT2D eigenvalue weighted by atomic mass is 32.2. The molecule has 1 aliphatic heterocycles. The van der Waals surface area contributed by atoms with Gasteiger partial charge in [0, 0.05) is 18.7 Å². The normalized spacial score (nSPS) is 15.2. The molecule has 0 radical (unpaired) electrons. The molecule has 3 rings (SSSR count). The Kier molecular flexibility index (Phi) is 6.80. The Hall–Kier alpha value is -2.42. The summed E-state index contributed by atoms with van der Waals surface area (Å²) in [4.78, 5) is 13.0. The van der Waals surface area contributed by atoms with Crippen molar-refractivity contribution in [3.8, 4) is 5.75 Å². The zero-order valence-corrected chi connectivity index (χ0v) is 18.6. The minimum absolute atomic E-state index is 0.108. The minimum atomic E-state index is -3.70. The number of morpholine rings is 1. The fourth-order valence-electron chi connectivity index (χ4n) is 3.36. The van der Waals surface area contributed by atoms with E-state index in [1.165, 1.54) is 16.4 Å². The average molecular weight is 433 g/mol. The number of nitrogens with zero attached hydrogens (tertiary/aromatic N) is 1. The number of rotatable bonds is 6. The maximum Gasteiger partial charge on any atom is 0.255 e. The van der Waals surface area contributed by atoms with Gasteiger partial charge in [-0.05, 0) is 58.0 Å². The van der Waals surface area contributed by atoms with Crippen molar-refractivity contribution >= 4 is 21.6 Å². The number of carbonyl (C=O) groups excluding carboxylic acids is 1. The highest BCUT2D eigenvalue weighted by Gasteiger charge is 2.27. The van der Waals surface area contributed by atoms with Gasteiger partial charge in [0.1, 0.15) is 5.75 Å². The SMILES string of the molecule is Cc1cc(C)cc(C(=O)Nc2cc(S(=O)(=O)N3CCOCC3)ccc2OC(C)C)c1. The molecular weight excluding hydrogens is 404 g/mol. The van der Waals surface area contributed by atoms with Crippen LogP contribution in [-0.2, 0) is 14.8 Å². The molecule has 0 bridgehead atoms. The van der Waals surface area contributed by atoms with Crippen molar-refractivity contribution in [3.63, 3.8) is 0 Å². The molecule has 2 aromatic rings. The van der Waals surface area contributed by atoms with Crippen molar-refractivity contribution in [3.05, 3.63) is 53.1 Å². The fraction of sp³-hybridized carbons (Fsp3) is 0.409. The van der Waals surface area contributed by atoms with Crippen molar-refractivity contribution in [1.29, 1.82) is 0 Å². The first-order valence-corrected chi connectivity index (χ1v) is 11.4. The molecule has 8 heteroatoms. The van der Waals surface area contributed by atoms with E-state index in [0.29, 0.717) is 43.3 Å². The summed E-state index contributed by atoms with van der Waals surface area (Å²) in [6.07, 6.45) is -0.136. The van der Waals surface area contributed by atoms with Gasteiger partial charge in [0.25, 0.3) is 5.91 Å². The maximum absolute atomic E-state index is 13.0. The van der Waals surface area contributed by atoms with Gasteiger partial charge >= 0.3 is 0 Å². The topological polar surface area (TPSA) is 84.9 Å². The zero-order chi connectivity index (χ0) is 21.9. The van der Waals surface area contributed by atoms with E-state index in [9.17, 15) is 13.2 Å². The van der Waals surface area contributed by atoms with Crippen LogP contribution in [0.15, 0.2) is 41.3 Å².